The van der Waals surface area contributed by atoms with E-state index in [4.69, 9.17) is 115 Å². The van der Waals surface area contributed by atoms with E-state index in [1.165, 1.54) is 0 Å². The van der Waals surface area contributed by atoms with E-state index in [9.17, 15) is 0 Å². The third-order valence-corrected chi connectivity index (χ3v) is 0. The molecule has 0 radical (unpaired) electrons. The summed E-state index contributed by atoms with van der Waals surface area (Å²) in [7, 11) is -33.7. The zero-order chi connectivity index (χ0) is 27.0. The maximum absolute atomic E-state index is 8.58. The molecule has 0 spiro atoms. The number of hydrogen-bond acceptors (Lipinski definition) is 24. The van der Waals surface area contributed by atoms with Crippen LogP contribution in [0.5, 0.6) is 0 Å². The van der Waals surface area contributed by atoms with Crippen LogP contribution in [0.4, 0.5) is 0 Å². The van der Waals surface area contributed by atoms with Gasteiger partial charge in [0, 0.05) is 0 Å². The van der Waals surface area contributed by atoms with Gasteiger partial charge in [-0.15, -0.1) is 0 Å². The Kier molecular flexibility index (Phi) is 114. The summed E-state index contributed by atoms with van der Waals surface area (Å²) in [4.78, 5) is 206. The molecule has 24 nitrogen and oxygen atoms in total. The molecule has 0 aliphatic heterocycles. The van der Waals surface area contributed by atoms with Crippen molar-refractivity contribution in [3.8, 4) is 0 Å². The van der Waals surface area contributed by atoms with Gasteiger partial charge in [-0.3, -0.25) is 0 Å². The Hall–Kier alpha value is 10.2. The van der Waals surface area contributed by atoms with Crippen LogP contribution in [0, 0.1) is 295 Å². The Labute approximate surface area is 452 Å². The van der Waals surface area contributed by atoms with Crippen LogP contribution in [0.15, 0.2) is 0 Å². The first-order chi connectivity index (χ1) is 12.0. The van der Waals surface area contributed by atoms with Gasteiger partial charge in [-0.25, -0.2) is 0 Å². The summed E-state index contributed by atoms with van der Waals surface area (Å²) < 4.78 is 0. The predicted molar refractivity (Wildman–Crippen MR) is 34.5 cm³/mol. The zero-order valence-electron chi connectivity index (χ0n) is 14.9. The summed E-state index contributed by atoms with van der Waals surface area (Å²) >= 11 is 0. The van der Waals surface area contributed by atoms with Gasteiger partial charge in [0.05, 0.1) is 0 Å². The van der Waals surface area contributed by atoms with Crippen molar-refractivity contribution in [2.24, 2.45) is 0 Å². The number of hydrogen-bond donors (Lipinski definition) is 0. The van der Waals surface area contributed by atoms with E-state index in [0.717, 1.165) is 0 Å². The zero-order valence-corrected chi connectivity index (χ0v) is 34.1. The van der Waals surface area contributed by atoms with Gasteiger partial charge in [0.25, 0.3) is 0 Å². The van der Waals surface area contributed by atoms with Gasteiger partial charge >= 0.3 is 295 Å². The minimum Gasteiger partial charge on any atom is -0.894 e. The Morgan fingerprint density at radius 3 is 0.132 bits per heavy atom. The molecule has 0 saturated heterocycles. The Balaban J connectivity index is -0.0000000145. The minimum atomic E-state index is -5.61. The average molecular weight is 1950 g/mol. The largest absolute Gasteiger partial charge is 3.00 e. The molecule has 0 aliphatic carbocycles. The molecule has 0 unspecified atom stereocenters. The van der Waals surface area contributed by atoms with Gasteiger partial charge in [-0.05, 0) is 0 Å². The van der Waals surface area contributed by atoms with Crippen molar-refractivity contribution in [1.29, 1.82) is 0 Å². The normalized spacial score (nSPS) is 9.47. The quantitative estimate of drug-likeness (QED) is 0.203. The summed E-state index contributed by atoms with van der Waals surface area (Å²) in [5.74, 6) is 0. The molecule has 0 aromatic heterocycles. The molecule has 38 heteroatoms. The van der Waals surface area contributed by atoms with Gasteiger partial charge in [-0.2, -0.15) is 0 Å². The van der Waals surface area contributed by atoms with E-state index in [1.54, 1.807) is 0 Å². The molecular formula is Lu8O24Si6. The molecule has 0 aromatic rings. The van der Waals surface area contributed by atoms with Crippen LogP contribution in [0.25, 0.3) is 0 Å². The molecular weight excluding hydrogens is 1950 g/mol. The second-order valence-corrected chi connectivity index (χ2v) is 9.00. The summed E-state index contributed by atoms with van der Waals surface area (Å²) in [5.41, 5.74) is 0. The van der Waals surface area contributed by atoms with Crippen LogP contribution >= 0.6 is 0 Å². The molecule has 0 heterocycles. The second-order valence-electron chi connectivity index (χ2n) is 3.00. The molecule has 0 aromatic carbocycles. The third kappa shape index (κ3) is 906. The Morgan fingerprint density at radius 1 is 0.132 bits per heavy atom. The van der Waals surface area contributed by atoms with Crippen molar-refractivity contribution in [1.82, 2.24) is 0 Å². The summed E-state index contributed by atoms with van der Waals surface area (Å²) in [6.45, 7) is 0. The molecule has 288 valence electrons. The summed E-state index contributed by atoms with van der Waals surface area (Å²) in [6, 6.07) is 0. The van der Waals surface area contributed by atoms with Crippen molar-refractivity contribution < 1.29 is 410 Å². The first kappa shape index (κ1) is 91.8. The van der Waals surface area contributed by atoms with E-state index in [1.807, 2.05) is 0 Å². The first-order valence-electron chi connectivity index (χ1n) is 4.90. The summed E-state index contributed by atoms with van der Waals surface area (Å²) in [6.07, 6.45) is 0. The fraction of sp³-hybridized carbons (Fsp3) is 0. The Morgan fingerprint density at radius 2 is 0.132 bits per heavy atom. The minimum absolute atomic E-state index is 0. The van der Waals surface area contributed by atoms with E-state index in [0.29, 0.717) is 0 Å². The van der Waals surface area contributed by atoms with Crippen molar-refractivity contribution in [3.63, 3.8) is 0 Å². The Bertz CT molecular complexity index is 236. The molecule has 0 fully saturated rings. The van der Waals surface area contributed by atoms with Gasteiger partial charge in [-0.1, -0.05) is 0 Å². The van der Waals surface area contributed by atoms with Crippen LogP contribution in [0.3, 0.4) is 0 Å². The summed E-state index contributed by atoms with van der Waals surface area (Å²) in [5, 5.41) is 0. The molecule has 0 rings (SSSR count). The maximum Gasteiger partial charge on any atom is 3.00 e. The van der Waals surface area contributed by atoms with Gasteiger partial charge in [0.1, 0.15) is 0 Å². The monoisotopic (exact) mass is 1950 g/mol. The first-order valence-corrected chi connectivity index (χ1v) is 14.7. The van der Waals surface area contributed by atoms with E-state index < -0.39 is 54.3 Å². The fourth-order valence-electron chi connectivity index (χ4n) is 0. The second kappa shape index (κ2) is 47.2. The van der Waals surface area contributed by atoms with Gasteiger partial charge in [0.15, 0.2) is 0 Å². The standard InChI is InChI=1S/8Lu.6O4Si/c;;;;;;;;6*1-5(2,3)4/q8*+3;6*-4. The molecule has 0 saturated carbocycles. The van der Waals surface area contributed by atoms with E-state index >= 15 is 0 Å². The van der Waals surface area contributed by atoms with Crippen LogP contribution in [-0.4, -0.2) is 54.3 Å². The third-order valence-electron chi connectivity index (χ3n) is 0. The molecule has 0 aliphatic rings. The SMILES string of the molecule is [Lu+3].[Lu+3].[Lu+3].[Lu+3].[Lu+3].[Lu+3].[Lu+3].[Lu+3].[O-][Si]([O-])([O-])[O-].[O-][Si]([O-])([O-])[O-].[O-][Si]([O-])([O-])[O-].[O-][Si]([O-])([O-])[O-].[O-][Si]([O-])([O-])[O-].[O-][Si]([O-])([O-])[O-]. The van der Waals surface area contributed by atoms with Gasteiger partial charge in [0.2, 0.25) is 0 Å². The van der Waals surface area contributed by atoms with E-state index in [2.05, 4.69) is 0 Å². The number of rotatable bonds is 0. The molecule has 38 heavy (non-hydrogen) atoms. The predicted octanol–water partition coefficient (Wildman–Crippen LogP) is -30.8. The average Bonchev–Trinajstić information content (AvgIpc) is 1.94. The van der Waals surface area contributed by atoms with Crippen LogP contribution in [0.2, 0.25) is 0 Å². The van der Waals surface area contributed by atoms with E-state index in [-0.39, 0.29) is 295 Å². The van der Waals surface area contributed by atoms with Crippen molar-refractivity contribution in [3.05, 3.63) is 0 Å². The smallest absolute Gasteiger partial charge is 0.894 e. The van der Waals surface area contributed by atoms with Gasteiger partial charge < -0.3 is 169 Å². The van der Waals surface area contributed by atoms with Crippen molar-refractivity contribution in [2.45, 2.75) is 0 Å². The van der Waals surface area contributed by atoms with Crippen LogP contribution < -0.4 is 115 Å². The topological polar surface area (TPSA) is 553 Å². The molecule has 0 N–H and O–H groups in total. The molecule has 0 atom stereocenters. The molecule has 0 bridgehead atoms. The van der Waals surface area contributed by atoms with Crippen molar-refractivity contribution >= 4 is 54.3 Å². The van der Waals surface area contributed by atoms with Crippen LogP contribution in [-0.2, 0) is 0 Å². The molecule has 0 amide bonds. The fourth-order valence-corrected chi connectivity index (χ4v) is 0. The maximum atomic E-state index is 8.58. The van der Waals surface area contributed by atoms with Crippen LogP contribution in [0.1, 0.15) is 0 Å². The van der Waals surface area contributed by atoms with Crippen molar-refractivity contribution in [2.75, 3.05) is 0 Å².